The predicted molar refractivity (Wildman–Crippen MR) is 114 cm³/mol. The SMILES string of the molecule is CN=C(NCc1ccc(OC)cc1)NCC(C)Cc1cccs1.I. The average molecular weight is 459 g/mol. The molecular formula is C18H26IN3OS. The fourth-order valence-corrected chi connectivity index (χ4v) is 3.13. The zero-order chi connectivity index (χ0) is 16.5. The Kier molecular flexibility index (Phi) is 9.78. The van der Waals surface area contributed by atoms with Gasteiger partial charge in [-0.05, 0) is 41.5 Å². The maximum absolute atomic E-state index is 5.17. The van der Waals surface area contributed by atoms with Crippen molar-refractivity contribution in [1.82, 2.24) is 10.6 Å². The number of thiophene rings is 1. The fraction of sp³-hybridized carbons (Fsp3) is 0.389. The number of halogens is 1. The van der Waals surface area contributed by atoms with E-state index in [1.807, 2.05) is 23.5 Å². The van der Waals surface area contributed by atoms with Crippen LogP contribution in [-0.4, -0.2) is 26.7 Å². The summed E-state index contributed by atoms with van der Waals surface area (Å²) in [5.74, 6) is 2.27. The monoisotopic (exact) mass is 459 g/mol. The normalized spacial score (nSPS) is 12.2. The average Bonchev–Trinajstić information content (AvgIpc) is 3.08. The van der Waals surface area contributed by atoms with Crippen LogP contribution in [0.5, 0.6) is 5.75 Å². The van der Waals surface area contributed by atoms with Crippen LogP contribution in [0, 0.1) is 5.92 Å². The summed E-state index contributed by atoms with van der Waals surface area (Å²) in [5.41, 5.74) is 1.19. The minimum atomic E-state index is 0. The summed E-state index contributed by atoms with van der Waals surface area (Å²) >= 11 is 1.82. The Labute approximate surface area is 165 Å². The van der Waals surface area contributed by atoms with E-state index in [0.717, 1.165) is 31.2 Å². The van der Waals surface area contributed by atoms with Gasteiger partial charge in [0.2, 0.25) is 0 Å². The highest BCUT2D eigenvalue weighted by Crippen LogP contribution is 2.14. The first-order chi connectivity index (χ1) is 11.2. The third kappa shape index (κ3) is 7.09. The molecular weight excluding hydrogens is 433 g/mol. The number of benzene rings is 1. The zero-order valence-electron chi connectivity index (χ0n) is 14.4. The molecule has 2 N–H and O–H groups in total. The van der Waals surface area contributed by atoms with Gasteiger partial charge in [0.05, 0.1) is 7.11 Å². The summed E-state index contributed by atoms with van der Waals surface area (Å²) in [5, 5.41) is 8.86. The molecule has 0 aliphatic heterocycles. The van der Waals surface area contributed by atoms with Gasteiger partial charge in [-0.2, -0.15) is 0 Å². The summed E-state index contributed by atoms with van der Waals surface area (Å²) in [7, 11) is 3.48. The number of aliphatic imine (C=N–C) groups is 1. The number of methoxy groups -OCH3 is 1. The van der Waals surface area contributed by atoms with Gasteiger partial charge in [0, 0.05) is 25.0 Å². The molecule has 4 nitrogen and oxygen atoms in total. The number of nitrogens with zero attached hydrogens (tertiary/aromatic N) is 1. The second-order valence-corrected chi connectivity index (χ2v) is 6.58. The summed E-state index contributed by atoms with van der Waals surface area (Å²) in [4.78, 5) is 5.71. The van der Waals surface area contributed by atoms with E-state index < -0.39 is 0 Å². The quantitative estimate of drug-likeness (QED) is 0.375. The molecule has 2 rings (SSSR count). The van der Waals surface area contributed by atoms with Crippen molar-refractivity contribution in [2.45, 2.75) is 19.9 Å². The van der Waals surface area contributed by atoms with Gasteiger partial charge in [-0.25, -0.2) is 0 Å². The molecule has 0 saturated heterocycles. The van der Waals surface area contributed by atoms with Crippen LogP contribution in [0.3, 0.4) is 0 Å². The van der Waals surface area contributed by atoms with E-state index in [0.29, 0.717) is 5.92 Å². The second kappa shape index (κ2) is 11.3. The Bertz CT molecular complexity index is 599. The van der Waals surface area contributed by atoms with Crippen molar-refractivity contribution in [2.75, 3.05) is 20.7 Å². The van der Waals surface area contributed by atoms with E-state index in [2.05, 4.69) is 52.2 Å². The topological polar surface area (TPSA) is 45.7 Å². The van der Waals surface area contributed by atoms with Crippen LogP contribution in [0.25, 0.3) is 0 Å². The smallest absolute Gasteiger partial charge is 0.191 e. The molecule has 0 spiro atoms. The Morgan fingerprint density at radius 3 is 2.54 bits per heavy atom. The minimum absolute atomic E-state index is 0. The Hall–Kier alpha value is -1.28. The molecule has 0 aliphatic rings. The van der Waals surface area contributed by atoms with Gasteiger partial charge >= 0.3 is 0 Å². The van der Waals surface area contributed by atoms with Crippen LogP contribution in [0.1, 0.15) is 17.4 Å². The molecule has 24 heavy (non-hydrogen) atoms. The van der Waals surface area contributed by atoms with Gasteiger partial charge in [0.15, 0.2) is 5.96 Å². The number of ether oxygens (including phenoxy) is 1. The highest BCUT2D eigenvalue weighted by atomic mass is 127. The molecule has 0 fully saturated rings. The van der Waals surface area contributed by atoms with E-state index >= 15 is 0 Å². The molecule has 1 aromatic heterocycles. The summed E-state index contributed by atoms with van der Waals surface area (Å²) in [6, 6.07) is 12.3. The molecule has 0 radical (unpaired) electrons. The first-order valence-corrected chi connectivity index (χ1v) is 8.69. The van der Waals surface area contributed by atoms with E-state index in [9.17, 15) is 0 Å². The first kappa shape index (κ1) is 20.8. The van der Waals surface area contributed by atoms with E-state index in [1.54, 1.807) is 14.2 Å². The number of hydrogen-bond acceptors (Lipinski definition) is 3. The van der Waals surface area contributed by atoms with Crippen molar-refractivity contribution in [2.24, 2.45) is 10.9 Å². The summed E-state index contributed by atoms with van der Waals surface area (Å²) in [6.07, 6.45) is 1.10. The van der Waals surface area contributed by atoms with Crippen LogP contribution < -0.4 is 15.4 Å². The Balaban J connectivity index is 0.00000288. The van der Waals surface area contributed by atoms with Gasteiger partial charge in [-0.3, -0.25) is 4.99 Å². The lowest BCUT2D eigenvalue weighted by Crippen LogP contribution is -2.39. The maximum atomic E-state index is 5.17. The standard InChI is InChI=1S/C18H25N3OS.HI/c1-14(11-17-5-4-10-23-17)12-20-18(19-2)21-13-15-6-8-16(22-3)9-7-15;/h4-10,14H,11-13H2,1-3H3,(H2,19,20,21);1H. The van der Waals surface area contributed by atoms with Crippen molar-refractivity contribution in [1.29, 1.82) is 0 Å². The first-order valence-electron chi connectivity index (χ1n) is 7.81. The lowest BCUT2D eigenvalue weighted by atomic mass is 10.1. The molecule has 0 aliphatic carbocycles. The highest BCUT2D eigenvalue weighted by Gasteiger charge is 2.06. The van der Waals surface area contributed by atoms with Gasteiger partial charge in [0.25, 0.3) is 0 Å². The van der Waals surface area contributed by atoms with Gasteiger partial charge in [-0.1, -0.05) is 25.1 Å². The Morgan fingerprint density at radius 1 is 1.21 bits per heavy atom. The summed E-state index contributed by atoms with van der Waals surface area (Å²) in [6.45, 7) is 3.90. The molecule has 2 aromatic rings. The fourth-order valence-electron chi connectivity index (χ4n) is 2.27. The zero-order valence-corrected chi connectivity index (χ0v) is 17.6. The molecule has 0 saturated carbocycles. The van der Waals surface area contributed by atoms with Crippen molar-refractivity contribution < 1.29 is 4.74 Å². The molecule has 1 heterocycles. The van der Waals surface area contributed by atoms with Crippen LogP contribution in [-0.2, 0) is 13.0 Å². The van der Waals surface area contributed by atoms with Crippen molar-refractivity contribution >= 4 is 41.3 Å². The largest absolute Gasteiger partial charge is 0.497 e. The lowest BCUT2D eigenvalue weighted by Gasteiger charge is -2.15. The van der Waals surface area contributed by atoms with Crippen molar-refractivity contribution in [3.05, 3.63) is 52.2 Å². The van der Waals surface area contributed by atoms with E-state index in [4.69, 9.17) is 4.74 Å². The van der Waals surface area contributed by atoms with Gasteiger partial charge < -0.3 is 15.4 Å². The van der Waals surface area contributed by atoms with Crippen LogP contribution in [0.15, 0.2) is 46.8 Å². The molecule has 0 amide bonds. The van der Waals surface area contributed by atoms with Crippen molar-refractivity contribution in [3.63, 3.8) is 0 Å². The lowest BCUT2D eigenvalue weighted by molar-refractivity contribution is 0.414. The van der Waals surface area contributed by atoms with Crippen LogP contribution in [0.4, 0.5) is 0 Å². The van der Waals surface area contributed by atoms with Gasteiger partial charge in [0.1, 0.15) is 5.75 Å². The third-order valence-corrected chi connectivity index (χ3v) is 4.49. The van der Waals surface area contributed by atoms with Gasteiger partial charge in [-0.15, -0.1) is 35.3 Å². The molecule has 6 heteroatoms. The minimum Gasteiger partial charge on any atom is -0.497 e. The Morgan fingerprint density at radius 2 is 1.96 bits per heavy atom. The van der Waals surface area contributed by atoms with Crippen LogP contribution in [0.2, 0.25) is 0 Å². The number of hydrogen-bond donors (Lipinski definition) is 2. The summed E-state index contributed by atoms with van der Waals surface area (Å²) < 4.78 is 5.17. The van der Waals surface area contributed by atoms with E-state index in [-0.39, 0.29) is 24.0 Å². The van der Waals surface area contributed by atoms with E-state index in [1.165, 1.54) is 10.4 Å². The molecule has 1 atom stereocenters. The highest BCUT2D eigenvalue weighted by molar-refractivity contribution is 14.0. The number of rotatable bonds is 7. The molecule has 0 bridgehead atoms. The molecule has 132 valence electrons. The predicted octanol–water partition coefficient (Wildman–Crippen LogP) is 3.92. The molecule has 1 unspecified atom stereocenters. The van der Waals surface area contributed by atoms with Crippen molar-refractivity contribution in [3.8, 4) is 5.75 Å². The number of guanidine groups is 1. The maximum Gasteiger partial charge on any atom is 0.191 e. The second-order valence-electron chi connectivity index (χ2n) is 5.54. The third-order valence-electron chi connectivity index (χ3n) is 3.59. The number of nitrogens with one attached hydrogen (secondary N) is 2. The van der Waals surface area contributed by atoms with Crippen LogP contribution >= 0.6 is 35.3 Å². The molecule has 1 aromatic carbocycles.